The van der Waals surface area contributed by atoms with Crippen LogP contribution < -0.4 is 29.6 Å². The summed E-state index contributed by atoms with van der Waals surface area (Å²) in [7, 11) is -5.75. The van der Waals surface area contributed by atoms with Gasteiger partial charge in [0.15, 0.2) is 0 Å². The molecule has 33 heavy (non-hydrogen) atoms. The predicted molar refractivity (Wildman–Crippen MR) is 119 cm³/mol. The molecule has 0 aromatic rings. The fourth-order valence-electron chi connectivity index (χ4n) is 2.98. The number of unbranched alkanes of at least 4 members (excludes halogenated alkanes) is 9. The fourth-order valence-corrected chi connectivity index (χ4v) is 3.67. The molecule has 11 heteroatoms. The van der Waals surface area contributed by atoms with E-state index in [0.717, 1.165) is 31.8 Å². The standard InChI is InChI=1S/C22H40O9S.Na/c1-4-7-8-9-10-11-12-13-14-15-18-30-20(23)19(29-16-5-2)22(25,32(26,27)28)21(24)31-17-6-3;/h5,19,25H,2,4,6-18H2,1,3H3,(H,26,27,28);/q;+1/p-1. The summed E-state index contributed by atoms with van der Waals surface area (Å²) in [6, 6.07) is 0. The Balaban J connectivity index is 0. The second kappa shape index (κ2) is 19.8. The van der Waals surface area contributed by atoms with E-state index in [1.807, 2.05) is 0 Å². The van der Waals surface area contributed by atoms with Crippen LogP contribution in [0.1, 0.15) is 84.5 Å². The SMILES string of the molecule is C=CCOC(C(=O)OCCCCCCCCCCCC)C(O)(C(=O)OCCC)S(=O)(=O)[O-].[Na+]. The molecule has 0 rings (SSSR count). The molecule has 0 bridgehead atoms. The number of rotatable bonds is 20. The molecule has 2 unspecified atom stereocenters. The minimum absolute atomic E-state index is 0. The van der Waals surface area contributed by atoms with Crippen molar-refractivity contribution in [1.29, 1.82) is 0 Å². The molecule has 0 radical (unpaired) electrons. The summed E-state index contributed by atoms with van der Waals surface area (Å²) in [5.74, 6) is -3.11. The topological polar surface area (TPSA) is 139 Å². The van der Waals surface area contributed by atoms with Crippen LogP contribution in [0.3, 0.4) is 0 Å². The van der Waals surface area contributed by atoms with E-state index in [2.05, 4.69) is 18.2 Å². The van der Waals surface area contributed by atoms with E-state index in [0.29, 0.717) is 12.8 Å². The summed E-state index contributed by atoms with van der Waals surface area (Å²) in [5, 5.41) is 10.4. The molecule has 9 nitrogen and oxygen atoms in total. The van der Waals surface area contributed by atoms with Gasteiger partial charge in [-0.3, -0.25) is 0 Å². The van der Waals surface area contributed by atoms with Crippen molar-refractivity contribution in [3.8, 4) is 0 Å². The van der Waals surface area contributed by atoms with Crippen molar-refractivity contribution in [3.05, 3.63) is 12.7 Å². The Hall–Kier alpha value is -0.490. The van der Waals surface area contributed by atoms with Gasteiger partial charge in [-0.05, 0) is 12.8 Å². The van der Waals surface area contributed by atoms with Crippen LogP contribution in [0.15, 0.2) is 12.7 Å². The molecule has 0 fully saturated rings. The van der Waals surface area contributed by atoms with Crippen molar-refractivity contribution >= 4 is 22.1 Å². The van der Waals surface area contributed by atoms with Gasteiger partial charge in [0.25, 0.3) is 4.93 Å². The minimum Gasteiger partial charge on any atom is -0.745 e. The molecule has 0 aromatic carbocycles. The number of hydrogen-bond acceptors (Lipinski definition) is 9. The van der Waals surface area contributed by atoms with Gasteiger partial charge in [-0.2, -0.15) is 0 Å². The average Bonchev–Trinajstić information content (AvgIpc) is 2.74. The Kier molecular flexibility index (Phi) is 20.8. The van der Waals surface area contributed by atoms with Crippen LogP contribution in [0.4, 0.5) is 0 Å². The van der Waals surface area contributed by atoms with Gasteiger partial charge in [0.2, 0.25) is 6.10 Å². The molecule has 0 aliphatic carbocycles. The van der Waals surface area contributed by atoms with Gasteiger partial charge in [-0.1, -0.05) is 77.7 Å². The van der Waals surface area contributed by atoms with Crippen molar-refractivity contribution in [2.24, 2.45) is 0 Å². The number of carbonyl (C=O) groups is 2. The van der Waals surface area contributed by atoms with Crippen molar-refractivity contribution in [2.45, 2.75) is 95.5 Å². The van der Waals surface area contributed by atoms with Gasteiger partial charge in [0.1, 0.15) is 10.1 Å². The third-order valence-electron chi connectivity index (χ3n) is 4.80. The smallest absolute Gasteiger partial charge is 0.745 e. The fraction of sp³-hybridized carbons (Fsp3) is 0.818. The molecule has 0 aliphatic rings. The Labute approximate surface area is 220 Å². The molecular formula is C22H39NaO9S. The Bertz CT molecular complexity index is 654. The summed E-state index contributed by atoms with van der Waals surface area (Å²) in [6.45, 7) is 6.44. The van der Waals surface area contributed by atoms with Crippen molar-refractivity contribution < 1.29 is 71.4 Å². The molecule has 0 aromatic heterocycles. The zero-order valence-electron chi connectivity index (χ0n) is 20.4. The third kappa shape index (κ3) is 13.2. The summed E-state index contributed by atoms with van der Waals surface area (Å²) in [4.78, 5) is 20.8. The first kappa shape index (κ1) is 34.7. The van der Waals surface area contributed by atoms with Crippen molar-refractivity contribution in [3.63, 3.8) is 0 Å². The molecule has 0 saturated heterocycles. The zero-order chi connectivity index (χ0) is 24.5. The van der Waals surface area contributed by atoms with Gasteiger partial charge in [-0.15, -0.1) is 6.58 Å². The van der Waals surface area contributed by atoms with Crippen molar-refractivity contribution in [2.75, 3.05) is 19.8 Å². The molecule has 0 spiro atoms. The van der Waals surface area contributed by atoms with Gasteiger partial charge >= 0.3 is 41.5 Å². The minimum atomic E-state index is -5.75. The number of aliphatic hydroxyl groups is 1. The van der Waals surface area contributed by atoms with E-state index in [-0.39, 0.29) is 42.8 Å². The predicted octanol–water partition coefficient (Wildman–Crippen LogP) is 0.213. The summed E-state index contributed by atoms with van der Waals surface area (Å²) in [6.07, 6.45) is 9.76. The maximum absolute atomic E-state index is 12.4. The summed E-state index contributed by atoms with van der Waals surface area (Å²) < 4.78 is 49.7. The maximum atomic E-state index is 12.4. The Morgan fingerprint density at radius 1 is 0.939 bits per heavy atom. The number of carbonyl (C=O) groups excluding carboxylic acids is 2. The first-order valence-electron chi connectivity index (χ1n) is 11.4. The first-order valence-corrected chi connectivity index (χ1v) is 12.8. The first-order chi connectivity index (χ1) is 15.2. The molecular weight excluding hydrogens is 463 g/mol. The van der Waals surface area contributed by atoms with Crippen LogP contribution in [0.5, 0.6) is 0 Å². The van der Waals surface area contributed by atoms with E-state index < -0.39 is 39.7 Å². The molecule has 2 atom stereocenters. The van der Waals surface area contributed by atoms with Gasteiger partial charge < -0.3 is 23.9 Å². The second-order valence-electron chi connectivity index (χ2n) is 7.64. The van der Waals surface area contributed by atoms with Crippen LogP contribution in [0.25, 0.3) is 0 Å². The molecule has 0 amide bonds. The number of hydrogen-bond donors (Lipinski definition) is 1. The van der Waals surface area contributed by atoms with Gasteiger partial charge in [0.05, 0.1) is 19.8 Å². The van der Waals surface area contributed by atoms with Crippen molar-refractivity contribution in [1.82, 2.24) is 0 Å². The number of esters is 2. The monoisotopic (exact) mass is 502 g/mol. The normalized spacial score (nSPS) is 13.9. The van der Waals surface area contributed by atoms with Crippen LogP contribution in [0.2, 0.25) is 0 Å². The zero-order valence-corrected chi connectivity index (χ0v) is 23.2. The summed E-state index contributed by atoms with van der Waals surface area (Å²) in [5.41, 5.74) is 0. The maximum Gasteiger partial charge on any atom is 1.00 e. The Morgan fingerprint density at radius 3 is 1.91 bits per heavy atom. The van der Waals surface area contributed by atoms with E-state index in [9.17, 15) is 27.7 Å². The van der Waals surface area contributed by atoms with E-state index in [4.69, 9.17) is 9.47 Å². The number of ether oxygens (including phenoxy) is 3. The Morgan fingerprint density at radius 2 is 1.45 bits per heavy atom. The van der Waals surface area contributed by atoms with E-state index >= 15 is 0 Å². The van der Waals surface area contributed by atoms with Gasteiger partial charge in [-0.25, -0.2) is 18.0 Å². The average molecular weight is 503 g/mol. The molecule has 1 N–H and O–H groups in total. The second-order valence-corrected chi connectivity index (χ2v) is 9.17. The van der Waals surface area contributed by atoms with E-state index in [1.165, 1.54) is 32.1 Å². The quantitative estimate of drug-likeness (QED) is 0.0814. The molecule has 0 heterocycles. The molecule has 0 aliphatic heterocycles. The summed E-state index contributed by atoms with van der Waals surface area (Å²) >= 11 is 0. The molecule has 0 saturated carbocycles. The van der Waals surface area contributed by atoms with E-state index in [1.54, 1.807) is 6.92 Å². The largest absolute Gasteiger partial charge is 1.00 e. The third-order valence-corrected chi connectivity index (χ3v) is 5.95. The van der Waals surface area contributed by atoms with Crippen LogP contribution in [-0.4, -0.2) is 60.9 Å². The van der Waals surface area contributed by atoms with Crippen LogP contribution in [-0.2, 0) is 33.9 Å². The van der Waals surface area contributed by atoms with Crippen LogP contribution in [0, 0.1) is 0 Å². The van der Waals surface area contributed by atoms with Gasteiger partial charge in [0, 0.05) is 0 Å². The van der Waals surface area contributed by atoms with Crippen LogP contribution >= 0.6 is 0 Å². The molecule has 188 valence electrons.